The van der Waals surface area contributed by atoms with E-state index in [0.717, 1.165) is 5.52 Å². The summed E-state index contributed by atoms with van der Waals surface area (Å²) in [6.07, 6.45) is 6.90. The van der Waals surface area contributed by atoms with Gasteiger partial charge >= 0.3 is 0 Å². The van der Waals surface area contributed by atoms with Crippen LogP contribution in [0, 0.1) is 11.3 Å². The van der Waals surface area contributed by atoms with Crippen molar-refractivity contribution < 1.29 is 0 Å². The molecule has 2 aromatic rings. The smallest absolute Gasteiger partial charge is 0.0705 e. The Kier molecular flexibility index (Phi) is 3.51. The molecule has 0 amide bonds. The maximum absolute atomic E-state index is 6.60. The molecule has 0 radical (unpaired) electrons. The molecule has 20 heavy (non-hydrogen) atoms. The Labute approximate surface area is 121 Å². The highest BCUT2D eigenvalue weighted by Gasteiger charge is 2.30. The number of benzene rings is 1. The van der Waals surface area contributed by atoms with Crippen molar-refractivity contribution in [2.45, 2.75) is 45.6 Å². The minimum absolute atomic E-state index is 0.138. The molecular weight excluding hydrogens is 244 g/mol. The van der Waals surface area contributed by atoms with Crippen LogP contribution in [-0.2, 0) is 0 Å². The van der Waals surface area contributed by atoms with Gasteiger partial charge in [-0.15, -0.1) is 0 Å². The van der Waals surface area contributed by atoms with Crippen molar-refractivity contribution in [1.29, 1.82) is 0 Å². The number of rotatable bonds is 2. The second-order valence-corrected chi connectivity index (χ2v) is 6.94. The summed E-state index contributed by atoms with van der Waals surface area (Å²) in [7, 11) is 0. The summed E-state index contributed by atoms with van der Waals surface area (Å²) in [4.78, 5) is 4.44. The normalized spacial score (nSPS) is 20.9. The standard InChI is InChI=1S/C18H24N2/c1-18(2)10-8-13(9-11-18)17(19)15-5-3-7-16-14(15)6-4-12-20-16/h3-7,12-13,17H,8-11,19H2,1-2H3. The van der Waals surface area contributed by atoms with Crippen LogP contribution in [0.15, 0.2) is 36.5 Å². The molecule has 1 unspecified atom stereocenters. The zero-order chi connectivity index (χ0) is 14.2. The quantitative estimate of drug-likeness (QED) is 0.874. The van der Waals surface area contributed by atoms with Crippen LogP contribution in [0.25, 0.3) is 10.9 Å². The van der Waals surface area contributed by atoms with Gasteiger partial charge in [0, 0.05) is 17.6 Å². The Morgan fingerprint density at radius 2 is 1.90 bits per heavy atom. The zero-order valence-electron chi connectivity index (χ0n) is 12.5. The molecule has 1 saturated carbocycles. The second kappa shape index (κ2) is 5.17. The Bertz CT molecular complexity index is 588. The molecule has 1 aliphatic carbocycles. The molecule has 1 heterocycles. The van der Waals surface area contributed by atoms with Crippen molar-refractivity contribution in [3.05, 3.63) is 42.1 Å². The molecule has 0 aliphatic heterocycles. The van der Waals surface area contributed by atoms with Gasteiger partial charge in [0.25, 0.3) is 0 Å². The lowest BCUT2D eigenvalue weighted by Crippen LogP contribution is -2.29. The third kappa shape index (κ3) is 2.57. The fraction of sp³-hybridized carbons (Fsp3) is 0.500. The first-order valence-corrected chi connectivity index (χ1v) is 7.66. The van der Waals surface area contributed by atoms with E-state index in [9.17, 15) is 0 Å². The Morgan fingerprint density at radius 3 is 2.65 bits per heavy atom. The largest absolute Gasteiger partial charge is 0.324 e. The van der Waals surface area contributed by atoms with Crippen LogP contribution in [0.3, 0.4) is 0 Å². The van der Waals surface area contributed by atoms with E-state index in [1.54, 1.807) is 0 Å². The van der Waals surface area contributed by atoms with Crippen molar-refractivity contribution in [1.82, 2.24) is 4.98 Å². The molecule has 106 valence electrons. The Morgan fingerprint density at radius 1 is 1.15 bits per heavy atom. The molecule has 1 fully saturated rings. The van der Waals surface area contributed by atoms with Crippen LogP contribution in [0.5, 0.6) is 0 Å². The second-order valence-electron chi connectivity index (χ2n) is 6.94. The van der Waals surface area contributed by atoms with Crippen LogP contribution in [0.2, 0.25) is 0 Å². The molecular formula is C18H24N2. The summed E-state index contributed by atoms with van der Waals surface area (Å²) in [5.41, 5.74) is 9.41. The van der Waals surface area contributed by atoms with Crippen molar-refractivity contribution >= 4 is 10.9 Å². The van der Waals surface area contributed by atoms with E-state index in [-0.39, 0.29) is 6.04 Å². The predicted molar refractivity (Wildman–Crippen MR) is 84.4 cm³/mol. The maximum Gasteiger partial charge on any atom is 0.0705 e. The van der Waals surface area contributed by atoms with Gasteiger partial charge in [0.05, 0.1) is 5.52 Å². The van der Waals surface area contributed by atoms with Gasteiger partial charge in [0.2, 0.25) is 0 Å². The third-order valence-electron chi connectivity index (χ3n) is 4.93. The molecule has 2 N–H and O–H groups in total. The molecule has 1 aliphatic rings. The highest BCUT2D eigenvalue weighted by Crippen LogP contribution is 2.42. The Balaban J connectivity index is 1.88. The zero-order valence-corrected chi connectivity index (χ0v) is 12.5. The van der Waals surface area contributed by atoms with E-state index < -0.39 is 0 Å². The van der Waals surface area contributed by atoms with Gasteiger partial charge in [-0.1, -0.05) is 32.0 Å². The highest BCUT2D eigenvalue weighted by atomic mass is 14.7. The highest BCUT2D eigenvalue weighted by molar-refractivity contribution is 5.82. The van der Waals surface area contributed by atoms with Crippen molar-refractivity contribution in [3.63, 3.8) is 0 Å². The van der Waals surface area contributed by atoms with E-state index >= 15 is 0 Å². The molecule has 3 rings (SSSR count). The number of fused-ring (bicyclic) bond motifs is 1. The molecule has 2 nitrogen and oxygen atoms in total. The van der Waals surface area contributed by atoms with Crippen LogP contribution in [-0.4, -0.2) is 4.98 Å². The summed E-state index contributed by atoms with van der Waals surface area (Å²) in [6.45, 7) is 4.74. The van der Waals surface area contributed by atoms with Gasteiger partial charge in [0.15, 0.2) is 0 Å². The van der Waals surface area contributed by atoms with Gasteiger partial charge in [-0.25, -0.2) is 0 Å². The monoisotopic (exact) mass is 268 g/mol. The molecule has 1 aromatic heterocycles. The van der Waals surface area contributed by atoms with Gasteiger partial charge in [-0.05, 0) is 54.7 Å². The lowest BCUT2D eigenvalue weighted by molar-refractivity contribution is 0.174. The summed E-state index contributed by atoms with van der Waals surface area (Å²) in [5, 5.41) is 1.22. The van der Waals surface area contributed by atoms with Crippen LogP contribution in [0.1, 0.15) is 51.1 Å². The number of pyridine rings is 1. The number of aromatic nitrogens is 1. The average Bonchev–Trinajstić information content (AvgIpc) is 2.46. The van der Waals surface area contributed by atoms with Crippen LogP contribution >= 0.6 is 0 Å². The molecule has 0 spiro atoms. The Hall–Kier alpha value is -1.41. The minimum Gasteiger partial charge on any atom is -0.324 e. The van der Waals surface area contributed by atoms with Gasteiger partial charge in [-0.3, -0.25) is 4.98 Å². The van der Waals surface area contributed by atoms with Crippen LogP contribution in [0.4, 0.5) is 0 Å². The summed E-state index contributed by atoms with van der Waals surface area (Å²) in [6, 6.07) is 10.6. The maximum atomic E-state index is 6.60. The number of nitrogens with two attached hydrogens (primary N) is 1. The lowest BCUT2D eigenvalue weighted by Gasteiger charge is -2.37. The molecule has 2 heteroatoms. The number of hydrogen-bond donors (Lipinski definition) is 1. The molecule has 1 aromatic carbocycles. The van der Waals surface area contributed by atoms with Gasteiger partial charge in [0.1, 0.15) is 0 Å². The first-order valence-electron chi connectivity index (χ1n) is 7.66. The summed E-state index contributed by atoms with van der Waals surface area (Å²) >= 11 is 0. The van der Waals surface area contributed by atoms with Crippen molar-refractivity contribution in [2.24, 2.45) is 17.1 Å². The number of hydrogen-bond acceptors (Lipinski definition) is 2. The van der Waals surface area contributed by atoms with Gasteiger partial charge in [-0.2, -0.15) is 0 Å². The fourth-order valence-electron chi connectivity index (χ4n) is 3.45. The van der Waals surface area contributed by atoms with E-state index in [1.807, 2.05) is 12.3 Å². The first-order chi connectivity index (χ1) is 9.57. The van der Waals surface area contributed by atoms with E-state index in [4.69, 9.17) is 5.73 Å². The first kappa shape index (κ1) is 13.6. The molecule has 1 atom stereocenters. The van der Waals surface area contributed by atoms with Crippen molar-refractivity contribution in [2.75, 3.05) is 0 Å². The number of nitrogens with zero attached hydrogens (tertiary/aromatic N) is 1. The fourth-order valence-corrected chi connectivity index (χ4v) is 3.45. The third-order valence-corrected chi connectivity index (χ3v) is 4.93. The van der Waals surface area contributed by atoms with E-state index in [2.05, 4.69) is 43.1 Å². The van der Waals surface area contributed by atoms with Crippen molar-refractivity contribution in [3.8, 4) is 0 Å². The van der Waals surface area contributed by atoms with Gasteiger partial charge < -0.3 is 5.73 Å². The van der Waals surface area contributed by atoms with Crippen LogP contribution < -0.4 is 5.73 Å². The topological polar surface area (TPSA) is 38.9 Å². The lowest BCUT2D eigenvalue weighted by atomic mass is 9.70. The minimum atomic E-state index is 0.138. The molecule has 0 saturated heterocycles. The SMILES string of the molecule is CC1(C)CCC(C(N)c2cccc3ncccc23)CC1. The van der Waals surface area contributed by atoms with E-state index in [1.165, 1.54) is 36.6 Å². The summed E-state index contributed by atoms with van der Waals surface area (Å²) in [5.74, 6) is 0.605. The molecule has 0 bridgehead atoms. The summed E-state index contributed by atoms with van der Waals surface area (Å²) < 4.78 is 0. The van der Waals surface area contributed by atoms with E-state index in [0.29, 0.717) is 11.3 Å². The predicted octanol–water partition coefficient (Wildman–Crippen LogP) is 4.45. The average molecular weight is 268 g/mol.